The second-order valence-corrected chi connectivity index (χ2v) is 3.47. The van der Waals surface area contributed by atoms with E-state index in [-0.39, 0.29) is 11.3 Å². The lowest BCUT2D eigenvalue weighted by Crippen LogP contribution is -2.42. The fourth-order valence-electron chi connectivity index (χ4n) is 1.20. The molecule has 1 unspecified atom stereocenters. The molecule has 1 rings (SSSR count). The van der Waals surface area contributed by atoms with Crippen molar-refractivity contribution in [1.29, 1.82) is 0 Å². The van der Waals surface area contributed by atoms with E-state index in [0.717, 1.165) is 0 Å². The summed E-state index contributed by atoms with van der Waals surface area (Å²) in [6, 6.07) is -0.196. The van der Waals surface area contributed by atoms with E-state index in [1.54, 1.807) is 0 Å². The lowest BCUT2D eigenvalue weighted by molar-refractivity contribution is -0.145. The van der Waals surface area contributed by atoms with Crippen molar-refractivity contribution in [2.75, 3.05) is 5.73 Å². The minimum atomic E-state index is -1.50. The number of nitrogen functional groups attached to an aromatic ring is 1. The Balaban J connectivity index is 2.78. The SMILES string of the molecule is Nc1cncc(C(=O)NC(CC(=O)O)C(=O)O)c1. The van der Waals surface area contributed by atoms with Gasteiger partial charge in [-0.15, -0.1) is 0 Å². The maximum absolute atomic E-state index is 11.6. The van der Waals surface area contributed by atoms with Crippen LogP contribution in [0.5, 0.6) is 0 Å². The summed E-state index contributed by atoms with van der Waals surface area (Å²) in [5.41, 5.74) is 5.72. The van der Waals surface area contributed by atoms with E-state index in [1.807, 2.05) is 0 Å². The number of hydrogen-bond acceptors (Lipinski definition) is 5. The number of carbonyl (C=O) groups is 3. The average Bonchev–Trinajstić information content (AvgIpc) is 2.27. The van der Waals surface area contributed by atoms with E-state index < -0.39 is 30.3 Å². The predicted molar refractivity (Wildman–Crippen MR) is 59.8 cm³/mol. The number of anilines is 1. The van der Waals surface area contributed by atoms with Gasteiger partial charge >= 0.3 is 11.9 Å². The third kappa shape index (κ3) is 3.74. The number of aromatic nitrogens is 1. The van der Waals surface area contributed by atoms with Crippen molar-refractivity contribution in [3.8, 4) is 0 Å². The molecule has 1 aromatic rings. The highest BCUT2D eigenvalue weighted by Crippen LogP contribution is 2.04. The number of rotatable bonds is 5. The molecule has 96 valence electrons. The van der Waals surface area contributed by atoms with Gasteiger partial charge in [-0.3, -0.25) is 14.6 Å². The second-order valence-electron chi connectivity index (χ2n) is 3.47. The number of nitrogens with zero attached hydrogens (tertiary/aromatic N) is 1. The maximum Gasteiger partial charge on any atom is 0.326 e. The average molecular weight is 253 g/mol. The number of nitrogens with two attached hydrogens (primary N) is 1. The van der Waals surface area contributed by atoms with Crippen LogP contribution in [0, 0.1) is 0 Å². The summed E-state index contributed by atoms with van der Waals surface area (Å²) in [7, 11) is 0. The van der Waals surface area contributed by atoms with Crippen LogP contribution >= 0.6 is 0 Å². The Morgan fingerprint density at radius 2 is 2.00 bits per heavy atom. The van der Waals surface area contributed by atoms with Crippen LogP contribution in [0.3, 0.4) is 0 Å². The minimum absolute atomic E-state index is 0.0617. The fourth-order valence-corrected chi connectivity index (χ4v) is 1.20. The molecule has 0 saturated heterocycles. The molecule has 0 saturated carbocycles. The van der Waals surface area contributed by atoms with E-state index >= 15 is 0 Å². The van der Waals surface area contributed by atoms with E-state index in [0.29, 0.717) is 0 Å². The van der Waals surface area contributed by atoms with Crippen molar-refractivity contribution in [3.63, 3.8) is 0 Å². The molecule has 1 amide bonds. The van der Waals surface area contributed by atoms with E-state index in [4.69, 9.17) is 15.9 Å². The molecular formula is C10H11N3O5. The highest BCUT2D eigenvalue weighted by molar-refractivity contribution is 5.97. The highest BCUT2D eigenvalue weighted by atomic mass is 16.4. The van der Waals surface area contributed by atoms with Crippen LogP contribution in [0.2, 0.25) is 0 Å². The van der Waals surface area contributed by atoms with E-state index in [9.17, 15) is 14.4 Å². The molecule has 0 bridgehead atoms. The normalized spacial score (nSPS) is 11.6. The molecule has 1 aromatic heterocycles. The third-order valence-corrected chi connectivity index (χ3v) is 2.00. The predicted octanol–water partition coefficient (Wildman–Crippen LogP) is -0.678. The summed E-state index contributed by atoms with van der Waals surface area (Å²) in [6.45, 7) is 0. The summed E-state index contributed by atoms with van der Waals surface area (Å²) >= 11 is 0. The molecule has 0 aliphatic rings. The van der Waals surface area contributed by atoms with Gasteiger partial charge in [0.05, 0.1) is 17.7 Å². The van der Waals surface area contributed by atoms with E-state index in [1.165, 1.54) is 18.5 Å². The standard InChI is InChI=1S/C10H11N3O5/c11-6-1-5(3-12-4-6)9(16)13-7(10(17)18)2-8(14)15/h1,3-4,7H,2,11H2,(H,13,16)(H,14,15)(H,17,18). The number of pyridine rings is 1. The smallest absolute Gasteiger partial charge is 0.326 e. The number of aliphatic carboxylic acids is 2. The van der Waals surface area contributed by atoms with Crippen LogP contribution < -0.4 is 11.1 Å². The zero-order valence-corrected chi connectivity index (χ0v) is 9.16. The lowest BCUT2D eigenvalue weighted by Gasteiger charge is -2.12. The number of amides is 1. The largest absolute Gasteiger partial charge is 0.481 e. The molecule has 8 nitrogen and oxygen atoms in total. The monoisotopic (exact) mass is 253 g/mol. The molecular weight excluding hydrogens is 242 g/mol. The summed E-state index contributed by atoms with van der Waals surface area (Å²) in [4.78, 5) is 36.5. The Hall–Kier alpha value is -2.64. The summed E-state index contributed by atoms with van der Waals surface area (Å²) in [6.07, 6.45) is 1.81. The van der Waals surface area contributed by atoms with Gasteiger partial charge in [-0.1, -0.05) is 0 Å². The van der Waals surface area contributed by atoms with Crippen molar-refractivity contribution >= 4 is 23.5 Å². The van der Waals surface area contributed by atoms with Gasteiger partial charge in [-0.05, 0) is 6.07 Å². The van der Waals surface area contributed by atoms with E-state index in [2.05, 4.69) is 10.3 Å². The van der Waals surface area contributed by atoms with Crippen molar-refractivity contribution in [2.45, 2.75) is 12.5 Å². The number of nitrogens with one attached hydrogen (secondary N) is 1. The molecule has 1 heterocycles. The Kier molecular flexibility index (Phi) is 4.19. The lowest BCUT2D eigenvalue weighted by atomic mass is 10.2. The van der Waals surface area contributed by atoms with Crippen LogP contribution in [0.4, 0.5) is 5.69 Å². The first-order valence-corrected chi connectivity index (χ1v) is 4.86. The summed E-state index contributed by atoms with van der Waals surface area (Å²) in [5.74, 6) is -3.50. The number of carboxylic acid groups (broad SMARTS) is 2. The number of carboxylic acids is 2. The van der Waals surface area contributed by atoms with Crippen LogP contribution in [0.15, 0.2) is 18.5 Å². The zero-order chi connectivity index (χ0) is 13.7. The van der Waals surface area contributed by atoms with Gasteiger partial charge in [0.25, 0.3) is 5.91 Å². The quantitative estimate of drug-likeness (QED) is 0.544. The number of carbonyl (C=O) groups excluding carboxylic acids is 1. The Labute approximate surface area is 101 Å². The van der Waals surface area contributed by atoms with Crippen LogP contribution in [-0.4, -0.2) is 39.1 Å². The molecule has 0 radical (unpaired) electrons. The second kappa shape index (κ2) is 5.62. The van der Waals surface area contributed by atoms with Crippen LogP contribution in [0.25, 0.3) is 0 Å². The topological polar surface area (TPSA) is 143 Å². The molecule has 8 heteroatoms. The van der Waals surface area contributed by atoms with Crippen LogP contribution in [0.1, 0.15) is 16.8 Å². The molecule has 0 aliphatic carbocycles. The van der Waals surface area contributed by atoms with Gasteiger partial charge < -0.3 is 21.3 Å². The van der Waals surface area contributed by atoms with Crippen molar-refractivity contribution < 1.29 is 24.6 Å². The Morgan fingerprint density at radius 1 is 1.33 bits per heavy atom. The molecule has 1 atom stereocenters. The van der Waals surface area contributed by atoms with Crippen molar-refractivity contribution in [3.05, 3.63) is 24.0 Å². The first kappa shape index (κ1) is 13.4. The molecule has 0 aliphatic heterocycles. The van der Waals surface area contributed by atoms with Gasteiger partial charge in [-0.2, -0.15) is 0 Å². The van der Waals surface area contributed by atoms with Crippen molar-refractivity contribution in [2.24, 2.45) is 0 Å². The molecule has 0 aromatic carbocycles. The summed E-state index contributed by atoms with van der Waals surface area (Å²) in [5, 5.41) is 19.3. The minimum Gasteiger partial charge on any atom is -0.481 e. The van der Waals surface area contributed by atoms with Gasteiger partial charge in [0.15, 0.2) is 0 Å². The number of hydrogen-bond donors (Lipinski definition) is 4. The fraction of sp³-hybridized carbons (Fsp3) is 0.200. The van der Waals surface area contributed by atoms with Crippen LogP contribution in [-0.2, 0) is 9.59 Å². The maximum atomic E-state index is 11.6. The summed E-state index contributed by atoms with van der Waals surface area (Å²) < 4.78 is 0. The molecule has 5 N–H and O–H groups in total. The molecule has 0 spiro atoms. The first-order valence-electron chi connectivity index (χ1n) is 4.86. The van der Waals surface area contributed by atoms with Gasteiger partial charge in [0.1, 0.15) is 6.04 Å². The van der Waals surface area contributed by atoms with Gasteiger partial charge in [-0.25, -0.2) is 4.79 Å². The first-order chi connectivity index (χ1) is 8.40. The zero-order valence-electron chi connectivity index (χ0n) is 9.16. The van der Waals surface area contributed by atoms with Gasteiger partial charge in [0, 0.05) is 12.4 Å². The Morgan fingerprint density at radius 3 is 2.50 bits per heavy atom. The molecule has 0 fully saturated rings. The molecule has 18 heavy (non-hydrogen) atoms. The third-order valence-electron chi connectivity index (χ3n) is 2.00. The van der Waals surface area contributed by atoms with Gasteiger partial charge in [0.2, 0.25) is 0 Å². The van der Waals surface area contributed by atoms with Crippen molar-refractivity contribution in [1.82, 2.24) is 10.3 Å². The Bertz CT molecular complexity index is 488. The highest BCUT2D eigenvalue weighted by Gasteiger charge is 2.23.